The van der Waals surface area contributed by atoms with Crippen molar-refractivity contribution >= 4 is 40.5 Å². The third-order valence-corrected chi connectivity index (χ3v) is 5.72. The van der Waals surface area contributed by atoms with E-state index in [1.807, 2.05) is 0 Å². The zero-order valence-electron chi connectivity index (χ0n) is 23.2. The number of alkyl halides is 3. The van der Waals surface area contributed by atoms with Crippen molar-refractivity contribution in [3.63, 3.8) is 0 Å². The maximum Gasteiger partial charge on any atom is 0.419 e. The molecule has 1 aromatic carbocycles. The molecule has 12 heteroatoms. The number of amides is 2. The lowest BCUT2D eigenvalue weighted by Gasteiger charge is -2.43. The predicted molar refractivity (Wildman–Crippen MR) is 113 cm³/mol. The molecule has 0 radical (unpaired) electrons. The van der Waals surface area contributed by atoms with E-state index in [0.29, 0.717) is 17.4 Å². The van der Waals surface area contributed by atoms with E-state index in [2.05, 4.69) is 4.98 Å². The highest BCUT2D eigenvalue weighted by molar-refractivity contribution is 7.81. The minimum Gasteiger partial charge on any atom is -0.355 e. The van der Waals surface area contributed by atoms with Crippen molar-refractivity contribution in [1.82, 2.24) is 10.3 Å². The summed E-state index contributed by atoms with van der Waals surface area (Å²) in [6.07, 6.45) is -5.97. The Labute approximate surface area is 200 Å². The summed E-state index contributed by atoms with van der Waals surface area (Å²) >= 11 is 5.34. The number of anilines is 2. The second-order valence-corrected chi connectivity index (χ2v) is 7.48. The number of nitrogens with zero attached hydrogens (tertiary/aromatic N) is 4. The molecule has 0 unspecified atom stereocenters. The minimum atomic E-state index is -5.27. The fourth-order valence-electron chi connectivity index (χ4n) is 3.66. The predicted octanol–water partition coefficient (Wildman–Crippen LogP) is 3.53. The molecule has 0 atom stereocenters. The second kappa shape index (κ2) is 7.77. The number of hydrogen-bond donors (Lipinski definition) is 1. The number of halogens is 4. The summed E-state index contributed by atoms with van der Waals surface area (Å²) in [7, 11) is 0. The van der Waals surface area contributed by atoms with Crippen LogP contribution in [0, 0.1) is 17.1 Å². The fraction of sp³-hybridized carbons (Fsp3) is 0.286. The van der Waals surface area contributed by atoms with Crippen LogP contribution in [0.4, 0.5) is 28.9 Å². The summed E-state index contributed by atoms with van der Waals surface area (Å²) < 4.78 is 111. The van der Waals surface area contributed by atoms with Crippen molar-refractivity contribution < 1.29 is 36.7 Å². The lowest BCUT2D eigenvalue weighted by atomic mass is 9.75. The average molecular weight is 484 g/mol. The summed E-state index contributed by atoms with van der Waals surface area (Å²) in [4.78, 5) is 30.5. The molecule has 170 valence electrons. The summed E-state index contributed by atoms with van der Waals surface area (Å²) in [5.74, 6) is -4.03. The Balaban J connectivity index is 1.91. The molecule has 1 spiro atoms. The molecule has 2 aromatic rings. The van der Waals surface area contributed by atoms with Gasteiger partial charge in [-0.2, -0.15) is 18.4 Å². The number of carbonyl (C=O) groups is 2. The van der Waals surface area contributed by atoms with Crippen LogP contribution >= 0.6 is 12.2 Å². The van der Waals surface area contributed by atoms with Crippen LogP contribution in [0.3, 0.4) is 0 Å². The third kappa shape index (κ3) is 3.39. The van der Waals surface area contributed by atoms with Gasteiger partial charge in [0.05, 0.1) is 28.5 Å². The lowest BCUT2D eigenvalue weighted by Crippen LogP contribution is -2.55. The number of hydrogen-bond acceptors (Lipinski definition) is 5. The average Bonchev–Trinajstić information content (AvgIpc) is 3.01. The van der Waals surface area contributed by atoms with Gasteiger partial charge in [0.1, 0.15) is 17.4 Å². The Bertz CT molecular complexity index is 1540. The van der Waals surface area contributed by atoms with E-state index < -0.39 is 93.9 Å². The largest absolute Gasteiger partial charge is 0.419 e. The molecule has 4 rings (SSSR count). The van der Waals surface area contributed by atoms with E-state index in [1.165, 1.54) is 11.4 Å². The van der Waals surface area contributed by atoms with Gasteiger partial charge in [0.2, 0.25) is 0 Å². The number of nitriles is 1. The SMILES string of the molecule is [2H]c1cc(C(=O)NC([2H])([2H])[2H])c(F)c([2H])c1N1C(=S)N(c2c([2H])nc(C#N)c(C(F)(F)F)c2[2H])C(=O)C12CCC2. The van der Waals surface area contributed by atoms with E-state index in [-0.39, 0.29) is 12.8 Å². The quantitative estimate of drug-likeness (QED) is 0.530. The molecule has 1 aliphatic carbocycles. The first-order valence-electron chi connectivity index (χ1n) is 12.7. The van der Waals surface area contributed by atoms with E-state index >= 15 is 4.39 Å². The van der Waals surface area contributed by atoms with Gasteiger partial charge in [-0.3, -0.25) is 14.5 Å². The van der Waals surface area contributed by atoms with E-state index in [4.69, 9.17) is 27.1 Å². The third-order valence-electron chi connectivity index (χ3n) is 5.36. The smallest absolute Gasteiger partial charge is 0.355 e. The van der Waals surface area contributed by atoms with Crippen molar-refractivity contribution in [2.45, 2.75) is 31.0 Å². The molecule has 0 bridgehead atoms. The molecular weight excluding hydrogens is 462 g/mol. The minimum absolute atomic E-state index is 0.0131. The highest BCUT2D eigenvalue weighted by Crippen LogP contribution is 2.48. The van der Waals surface area contributed by atoms with E-state index in [1.54, 1.807) is 0 Å². The van der Waals surface area contributed by atoms with Gasteiger partial charge >= 0.3 is 6.18 Å². The maximum absolute atomic E-state index is 15.2. The van der Waals surface area contributed by atoms with E-state index in [9.17, 15) is 22.8 Å². The molecule has 33 heavy (non-hydrogen) atoms. The Morgan fingerprint density at radius 2 is 2.12 bits per heavy atom. The van der Waals surface area contributed by atoms with Gasteiger partial charge in [0.15, 0.2) is 10.8 Å². The first-order chi connectivity index (χ1) is 18.4. The first kappa shape index (κ1) is 15.3. The molecule has 1 saturated heterocycles. The van der Waals surface area contributed by atoms with Crippen LogP contribution in [0.5, 0.6) is 0 Å². The molecule has 2 aliphatic rings. The molecular formula is C21H15F4N5O2S. The standard InChI is InChI=1S/C21H15F4N5O2S/c1-27-17(31)13-4-3-11(8-15(13)22)30-19(33)29(18(32)20(30)5-2-6-20)12-7-14(21(23,24)25)16(9-26)28-10-12/h3-4,7-8,10H,2,5-6H2,1H3,(H,27,31)/i1D3,3D,7D,8D,10D. The Hall–Kier alpha value is -3.59. The number of nitrogens with one attached hydrogen (secondary N) is 1. The Kier molecular flexibility index (Phi) is 3.60. The highest BCUT2D eigenvalue weighted by atomic mass is 32.1. The van der Waals surface area contributed by atoms with Gasteiger partial charge in [-0.05, 0) is 55.7 Å². The summed E-state index contributed by atoms with van der Waals surface area (Å²) in [6.45, 7) is -3.02. The van der Waals surface area contributed by atoms with Crippen LogP contribution < -0.4 is 15.1 Å². The normalized spacial score (nSPS) is 20.6. The second-order valence-electron chi connectivity index (χ2n) is 7.12. The monoisotopic (exact) mass is 484 g/mol. The van der Waals surface area contributed by atoms with Crippen LogP contribution in [0.1, 0.15) is 50.5 Å². The number of aromatic nitrogens is 1. The number of pyridine rings is 1. The van der Waals surface area contributed by atoms with Gasteiger partial charge < -0.3 is 10.2 Å². The Morgan fingerprint density at radius 1 is 1.39 bits per heavy atom. The van der Waals surface area contributed by atoms with Gasteiger partial charge in [-0.25, -0.2) is 9.37 Å². The number of rotatable bonds is 3. The van der Waals surface area contributed by atoms with E-state index in [0.717, 1.165) is 4.90 Å². The number of carbonyl (C=O) groups excluding carboxylic acids is 2. The van der Waals surface area contributed by atoms with Crippen molar-refractivity contribution in [3.8, 4) is 6.07 Å². The molecule has 2 fully saturated rings. The zero-order chi connectivity index (χ0) is 30.1. The van der Waals surface area contributed by atoms with Crippen LogP contribution in [-0.2, 0) is 11.0 Å². The molecule has 1 aromatic heterocycles. The first-order valence-corrected chi connectivity index (χ1v) is 9.57. The van der Waals surface area contributed by atoms with Gasteiger partial charge in [-0.1, -0.05) is 0 Å². The summed E-state index contributed by atoms with van der Waals surface area (Å²) in [5.41, 5.74) is -7.40. The lowest BCUT2D eigenvalue weighted by molar-refractivity contribution is -0.138. The molecule has 7 nitrogen and oxygen atoms in total. The van der Waals surface area contributed by atoms with Crippen molar-refractivity contribution in [2.75, 3.05) is 16.8 Å². The summed E-state index contributed by atoms with van der Waals surface area (Å²) in [5, 5.41) is 9.94. The van der Waals surface area contributed by atoms with Crippen molar-refractivity contribution in [1.29, 1.82) is 5.26 Å². The Morgan fingerprint density at radius 3 is 2.70 bits per heavy atom. The molecule has 2 amide bonds. The topological polar surface area (TPSA) is 89.3 Å². The van der Waals surface area contributed by atoms with Gasteiger partial charge in [0.25, 0.3) is 11.8 Å². The molecule has 1 N–H and O–H groups in total. The van der Waals surface area contributed by atoms with Crippen LogP contribution in [0.2, 0.25) is 0 Å². The zero-order valence-corrected chi connectivity index (χ0v) is 17.0. The maximum atomic E-state index is 15.2. The van der Waals surface area contributed by atoms with Gasteiger partial charge in [0, 0.05) is 16.8 Å². The summed E-state index contributed by atoms with van der Waals surface area (Å²) in [6, 6.07) is -1.52. The number of thiocarbonyl (C=S) groups is 1. The van der Waals surface area contributed by atoms with Crippen LogP contribution in [-0.4, -0.2) is 34.4 Å². The van der Waals surface area contributed by atoms with Crippen molar-refractivity contribution in [2.24, 2.45) is 0 Å². The highest BCUT2D eigenvalue weighted by Gasteiger charge is 2.59. The van der Waals surface area contributed by atoms with Crippen LogP contribution in [0.25, 0.3) is 0 Å². The van der Waals surface area contributed by atoms with Crippen LogP contribution in [0.15, 0.2) is 30.4 Å². The molecule has 1 saturated carbocycles. The fourth-order valence-corrected chi connectivity index (χ4v) is 4.10. The van der Waals surface area contributed by atoms with Gasteiger partial charge in [-0.15, -0.1) is 0 Å². The molecule has 2 heterocycles. The number of benzene rings is 1. The van der Waals surface area contributed by atoms with Crippen molar-refractivity contribution in [3.05, 3.63) is 53.0 Å². The molecule has 1 aliphatic heterocycles.